The first-order valence-corrected chi connectivity index (χ1v) is 12.5. The number of methoxy groups -OCH3 is 1. The van der Waals surface area contributed by atoms with Crippen molar-refractivity contribution in [2.75, 3.05) is 17.1 Å². The Hall–Kier alpha value is -3.43. The summed E-state index contributed by atoms with van der Waals surface area (Å²) in [6.45, 7) is 3.77. The van der Waals surface area contributed by atoms with E-state index in [-0.39, 0.29) is 22.4 Å². The highest BCUT2D eigenvalue weighted by Gasteiger charge is 2.17. The summed E-state index contributed by atoms with van der Waals surface area (Å²) in [4.78, 5) is 17.2. The SMILES string of the molecule is COc1cccc(CC(=O)Nc2cc(C)c3nc(NS(=O)(=O)c4ccc(C)cc4)sc3c2)c1. The number of nitrogens with one attached hydrogen (secondary N) is 2. The second-order valence-electron chi connectivity index (χ2n) is 7.65. The first kappa shape index (κ1) is 22.8. The third kappa shape index (κ3) is 5.32. The Bertz CT molecular complexity index is 1430. The molecule has 0 spiro atoms. The summed E-state index contributed by atoms with van der Waals surface area (Å²) in [5.41, 5.74) is 3.97. The molecule has 3 aromatic carbocycles. The van der Waals surface area contributed by atoms with Gasteiger partial charge in [-0.15, -0.1) is 0 Å². The largest absolute Gasteiger partial charge is 0.497 e. The van der Waals surface area contributed by atoms with Crippen LogP contribution in [0.15, 0.2) is 65.6 Å². The molecule has 0 aliphatic carbocycles. The van der Waals surface area contributed by atoms with Gasteiger partial charge in [0.15, 0.2) is 5.13 Å². The summed E-state index contributed by atoms with van der Waals surface area (Å²) >= 11 is 1.22. The van der Waals surface area contributed by atoms with Crippen molar-refractivity contribution in [2.24, 2.45) is 0 Å². The van der Waals surface area contributed by atoms with Crippen molar-refractivity contribution in [1.82, 2.24) is 4.98 Å². The van der Waals surface area contributed by atoms with E-state index in [9.17, 15) is 13.2 Å². The van der Waals surface area contributed by atoms with Gasteiger partial charge < -0.3 is 10.1 Å². The third-order valence-corrected chi connectivity index (χ3v) is 7.42. The maximum Gasteiger partial charge on any atom is 0.263 e. The average molecular weight is 482 g/mol. The number of aromatic nitrogens is 1. The molecule has 1 amide bonds. The number of benzene rings is 3. The molecule has 0 bridgehead atoms. The Balaban J connectivity index is 1.52. The summed E-state index contributed by atoms with van der Waals surface area (Å²) in [7, 11) is -2.16. The predicted octanol–water partition coefficient (Wildman–Crippen LogP) is 4.90. The Kier molecular flexibility index (Phi) is 6.35. The van der Waals surface area contributed by atoms with E-state index < -0.39 is 10.0 Å². The molecule has 9 heteroatoms. The van der Waals surface area contributed by atoms with E-state index in [4.69, 9.17) is 4.74 Å². The second-order valence-corrected chi connectivity index (χ2v) is 10.4. The van der Waals surface area contributed by atoms with Gasteiger partial charge in [0.1, 0.15) is 5.75 Å². The van der Waals surface area contributed by atoms with Crippen molar-refractivity contribution in [3.8, 4) is 5.75 Å². The molecule has 7 nitrogen and oxygen atoms in total. The van der Waals surface area contributed by atoms with Gasteiger partial charge in [0, 0.05) is 5.69 Å². The first-order valence-electron chi connectivity index (χ1n) is 10.2. The highest BCUT2D eigenvalue weighted by atomic mass is 32.2. The van der Waals surface area contributed by atoms with Gasteiger partial charge in [-0.2, -0.15) is 0 Å². The smallest absolute Gasteiger partial charge is 0.263 e. The van der Waals surface area contributed by atoms with Gasteiger partial charge in [0.25, 0.3) is 10.0 Å². The fourth-order valence-electron chi connectivity index (χ4n) is 3.38. The molecule has 1 aromatic heterocycles. The molecule has 0 saturated heterocycles. The van der Waals surface area contributed by atoms with Crippen LogP contribution in [0.3, 0.4) is 0 Å². The Labute approximate surface area is 196 Å². The lowest BCUT2D eigenvalue weighted by atomic mass is 10.1. The standard InChI is InChI=1S/C24H23N3O4S2/c1-15-7-9-20(10-8-15)33(29,30)27-24-26-23-16(2)11-18(14-21(23)32-24)25-22(28)13-17-5-4-6-19(12-17)31-3/h4-12,14H,13H2,1-3H3,(H,25,28)(H,26,27). The van der Waals surface area contributed by atoms with Crippen LogP contribution in [0.25, 0.3) is 10.2 Å². The van der Waals surface area contributed by atoms with Gasteiger partial charge in [0.05, 0.1) is 28.6 Å². The van der Waals surface area contributed by atoms with E-state index in [1.165, 1.54) is 11.3 Å². The zero-order valence-corrected chi connectivity index (χ0v) is 20.0. The van der Waals surface area contributed by atoms with Gasteiger partial charge in [-0.1, -0.05) is 41.2 Å². The molecule has 0 aliphatic heterocycles. The number of thiazole rings is 1. The molecule has 33 heavy (non-hydrogen) atoms. The van der Waals surface area contributed by atoms with Gasteiger partial charge in [-0.05, 0) is 61.4 Å². The van der Waals surface area contributed by atoms with Gasteiger partial charge >= 0.3 is 0 Å². The number of rotatable bonds is 7. The summed E-state index contributed by atoms with van der Waals surface area (Å²) < 4.78 is 33.9. The first-order chi connectivity index (χ1) is 15.7. The highest BCUT2D eigenvalue weighted by molar-refractivity contribution is 7.93. The van der Waals surface area contributed by atoms with Crippen molar-refractivity contribution in [1.29, 1.82) is 0 Å². The number of sulfonamides is 1. The summed E-state index contributed by atoms with van der Waals surface area (Å²) in [5.74, 6) is 0.537. The molecule has 0 atom stereocenters. The summed E-state index contributed by atoms with van der Waals surface area (Å²) in [6.07, 6.45) is 0.207. The normalized spacial score (nSPS) is 11.4. The number of hydrogen-bond acceptors (Lipinski definition) is 6. The number of nitrogens with zero attached hydrogens (tertiary/aromatic N) is 1. The molecule has 4 rings (SSSR count). The number of carbonyl (C=O) groups is 1. The molecular weight excluding hydrogens is 458 g/mol. The van der Waals surface area contributed by atoms with E-state index in [2.05, 4.69) is 15.0 Å². The molecule has 0 saturated carbocycles. The van der Waals surface area contributed by atoms with Gasteiger partial charge in [-0.3, -0.25) is 9.52 Å². The van der Waals surface area contributed by atoms with E-state index in [1.54, 1.807) is 37.4 Å². The lowest BCUT2D eigenvalue weighted by molar-refractivity contribution is -0.115. The van der Waals surface area contributed by atoms with Crippen LogP contribution in [0.5, 0.6) is 5.75 Å². The van der Waals surface area contributed by atoms with Crippen LogP contribution in [-0.4, -0.2) is 26.4 Å². The zero-order chi connectivity index (χ0) is 23.6. The van der Waals surface area contributed by atoms with Crippen LogP contribution in [0, 0.1) is 13.8 Å². The monoisotopic (exact) mass is 481 g/mol. The minimum atomic E-state index is -3.74. The maximum atomic E-state index is 12.7. The van der Waals surface area contributed by atoms with Crippen LogP contribution in [0.4, 0.5) is 10.8 Å². The summed E-state index contributed by atoms with van der Waals surface area (Å²) in [6, 6.07) is 17.6. The lowest BCUT2D eigenvalue weighted by Crippen LogP contribution is -2.14. The number of fused-ring (bicyclic) bond motifs is 1. The van der Waals surface area contributed by atoms with Crippen molar-refractivity contribution in [3.63, 3.8) is 0 Å². The van der Waals surface area contributed by atoms with Crippen LogP contribution >= 0.6 is 11.3 Å². The molecule has 0 aliphatic rings. The number of anilines is 2. The Morgan fingerprint density at radius 3 is 2.55 bits per heavy atom. The molecule has 2 N–H and O–H groups in total. The van der Waals surface area contributed by atoms with E-state index in [0.717, 1.165) is 21.4 Å². The number of aryl methyl sites for hydroxylation is 2. The molecule has 0 unspecified atom stereocenters. The number of hydrogen-bond donors (Lipinski definition) is 2. The van der Waals surface area contributed by atoms with Crippen LogP contribution in [-0.2, 0) is 21.2 Å². The van der Waals surface area contributed by atoms with Crippen molar-refractivity contribution >= 4 is 48.3 Å². The number of ether oxygens (including phenoxy) is 1. The molecule has 4 aromatic rings. The zero-order valence-electron chi connectivity index (χ0n) is 18.4. The minimum Gasteiger partial charge on any atom is -0.497 e. The maximum absolute atomic E-state index is 12.7. The van der Waals surface area contributed by atoms with Crippen molar-refractivity contribution < 1.29 is 17.9 Å². The number of carbonyl (C=O) groups excluding carboxylic acids is 1. The Morgan fingerprint density at radius 2 is 1.82 bits per heavy atom. The molecule has 0 radical (unpaired) electrons. The van der Waals surface area contributed by atoms with E-state index in [0.29, 0.717) is 17.0 Å². The van der Waals surface area contributed by atoms with Gasteiger partial charge in [-0.25, -0.2) is 13.4 Å². The lowest BCUT2D eigenvalue weighted by Gasteiger charge is -2.08. The number of amides is 1. The van der Waals surface area contributed by atoms with Crippen molar-refractivity contribution in [2.45, 2.75) is 25.2 Å². The van der Waals surface area contributed by atoms with Crippen molar-refractivity contribution in [3.05, 3.63) is 77.4 Å². The second kappa shape index (κ2) is 9.21. The van der Waals surface area contributed by atoms with E-state index in [1.807, 2.05) is 44.2 Å². The van der Waals surface area contributed by atoms with Gasteiger partial charge in [0.2, 0.25) is 5.91 Å². The fourth-order valence-corrected chi connectivity index (χ4v) is 5.59. The molecular formula is C24H23N3O4S2. The Morgan fingerprint density at radius 1 is 1.06 bits per heavy atom. The molecule has 170 valence electrons. The predicted molar refractivity (Wildman–Crippen MR) is 132 cm³/mol. The average Bonchev–Trinajstić information content (AvgIpc) is 3.16. The van der Waals surface area contributed by atoms with E-state index >= 15 is 0 Å². The topological polar surface area (TPSA) is 97.4 Å². The minimum absolute atomic E-state index is 0.160. The summed E-state index contributed by atoms with van der Waals surface area (Å²) in [5, 5.41) is 3.18. The van der Waals surface area contributed by atoms with Crippen LogP contribution < -0.4 is 14.8 Å². The van der Waals surface area contributed by atoms with Crippen LogP contribution in [0.2, 0.25) is 0 Å². The fraction of sp³-hybridized carbons (Fsp3) is 0.167. The highest BCUT2D eigenvalue weighted by Crippen LogP contribution is 2.32. The molecule has 0 fully saturated rings. The third-order valence-electron chi connectivity index (χ3n) is 5.02. The van der Waals surface area contributed by atoms with Crippen LogP contribution in [0.1, 0.15) is 16.7 Å². The molecule has 1 heterocycles. The quantitative estimate of drug-likeness (QED) is 0.391.